The molecule has 0 saturated carbocycles. The Balaban J connectivity index is 3.41. The van der Waals surface area contributed by atoms with Crippen molar-refractivity contribution >= 4 is 33.3 Å². The van der Waals surface area contributed by atoms with Gasteiger partial charge in [0.1, 0.15) is 6.04 Å². The van der Waals surface area contributed by atoms with E-state index in [-0.39, 0.29) is 17.1 Å². The number of benzene rings is 1. The van der Waals surface area contributed by atoms with Gasteiger partial charge in [0.25, 0.3) is 0 Å². The maximum Gasteiger partial charge on any atom is 0.327 e. The number of carboxylic acids is 1. The summed E-state index contributed by atoms with van der Waals surface area (Å²) in [5.74, 6) is -1.21. The molecule has 0 amide bonds. The molecule has 7 heteroatoms. The fourth-order valence-electron chi connectivity index (χ4n) is 1.65. The molecule has 100 valence electrons. The van der Waals surface area contributed by atoms with Crippen molar-refractivity contribution in [2.24, 2.45) is 0 Å². The third kappa shape index (κ3) is 3.14. The molecule has 0 aliphatic rings. The lowest BCUT2D eigenvalue weighted by Gasteiger charge is -2.28. The standard InChI is InChI=1S/C11H14ClNO4S/c1-3-9(11(14)15)13(18(2,16)17)10-7-5-4-6-8(10)12/h4-7,9H,3H2,1-2H3,(H,14,15). The minimum atomic E-state index is -3.73. The first-order chi connectivity index (χ1) is 8.29. The molecule has 0 radical (unpaired) electrons. The van der Waals surface area contributed by atoms with Crippen LogP contribution in [-0.4, -0.2) is 31.8 Å². The van der Waals surface area contributed by atoms with Crippen molar-refractivity contribution in [3.8, 4) is 0 Å². The average molecular weight is 292 g/mol. The minimum absolute atomic E-state index is 0.146. The number of sulfonamides is 1. The zero-order valence-corrected chi connectivity index (χ0v) is 11.6. The van der Waals surface area contributed by atoms with Gasteiger partial charge in [-0.2, -0.15) is 0 Å². The van der Waals surface area contributed by atoms with Crippen LogP contribution in [0.4, 0.5) is 5.69 Å². The van der Waals surface area contributed by atoms with E-state index in [0.29, 0.717) is 0 Å². The van der Waals surface area contributed by atoms with E-state index in [9.17, 15) is 13.2 Å². The number of para-hydroxylation sites is 1. The molecular weight excluding hydrogens is 278 g/mol. The highest BCUT2D eigenvalue weighted by Gasteiger charge is 2.32. The monoisotopic (exact) mass is 291 g/mol. The molecule has 0 spiro atoms. The van der Waals surface area contributed by atoms with Crippen LogP contribution < -0.4 is 4.31 Å². The molecule has 0 aliphatic carbocycles. The van der Waals surface area contributed by atoms with Crippen molar-refractivity contribution in [2.45, 2.75) is 19.4 Å². The normalized spacial score (nSPS) is 13.1. The Morgan fingerprint density at radius 1 is 1.44 bits per heavy atom. The Labute approximate surface area is 111 Å². The van der Waals surface area contributed by atoms with Crippen molar-refractivity contribution in [3.63, 3.8) is 0 Å². The summed E-state index contributed by atoms with van der Waals surface area (Å²) >= 11 is 5.93. The molecule has 0 bridgehead atoms. The molecule has 1 unspecified atom stereocenters. The molecular formula is C11H14ClNO4S. The first-order valence-electron chi connectivity index (χ1n) is 5.25. The SMILES string of the molecule is CCC(C(=O)O)N(c1ccccc1Cl)S(C)(=O)=O. The van der Waals surface area contributed by atoms with Crippen molar-refractivity contribution in [2.75, 3.05) is 10.6 Å². The van der Waals surface area contributed by atoms with Crippen LogP contribution in [0.3, 0.4) is 0 Å². The van der Waals surface area contributed by atoms with Gasteiger partial charge in [0.2, 0.25) is 10.0 Å². The van der Waals surface area contributed by atoms with E-state index in [4.69, 9.17) is 16.7 Å². The van der Waals surface area contributed by atoms with Gasteiger partial charge in [-0.05, 0) is 18.6 Å². The fraction of sp³-hybridized carbons (Fsp3) is 0.364. The van der Waals surface area contributed by atoms with E-state index in [2.05, 4.69) is 0 Å². The second-order valence-electron chi connectivity index (χ2n) is 3.77. The highest BCUT2D eigenvalue weighted by atomic mass is 35.5. The van der Waals surface area contributed by atoms with E-state index in [1.807, 2.05) is 0 Å². The van der Waals surface area contributed by atoms with Gasteiger partial charge in [-0.15, -0.1) is 0 Å². The molecule has 1 N–H and O–H groups in total. The van der Waals surface area contributed by atoms with Crippen LogP contribution in [0, 0.1) is 0 Å². The van der Waals surface area contributed by atoms with Crippen LogP contribution in [0.15, 0.2) is 24.3 Å². The van der Waals surface area contributed by atoms with Gasteiger partial charge in [0, 0.05) is 0 Å². The molecule has 1 aromatic carbocycles. The van der Waals surface area contributed by atoms with Crippen molar-refractivity contribution < 1.29 is 18.3 Å². The average Bonchev–Trinajstić information content (AvgIpc) is 2.25. The van der Waals surface area contributed by atoms with Crippen molar-refractivity contribution in [1.82, 2.24) is 0 Å². The summed E-state index contributed by atoms with van der Waals surface area (Å²) in [6.07, 6.45) is 1.11. The van der Waals surface area contributed by atoms with Crippen LogP contribution in [0.2, 0.25) is 5.02 Å². The summed E-state index contributed by atoms with van der Waals surface area (Å²) in [4.78, 5) is 11.2. The van der Waals surface area contributed by atoms with Crippen LogP contribution in [-0.2, 0) is 14.8 Å². The molecule has 1 atom stereocenters. The lowest BCUT2D eigenvalue weighted by Crippen LogP contribution is -2.44. The van der Waals surface area contributed by atoms with E-state index >= 15 is 0 Å². The Morgan fingerprint density at radius 2 is 2.00 bits per heavy atom. The molecule has 0 fully saturated rings. The zero-order valence-electron chi connectivity index (χ0n) is 10.00. The first-order valence-corrected chi connectivity index (χ1v) is 7.48. The number of hydrogen-bond acceptors (Lipinski definition) is 3. The van der Waals surface area contributed by atoms with Gasteiger partial charge in [0.05, 0.1) is 17.0 Å². The summed E-state index contributed by atoms with van der Waals surface area (Å²) in [5.41, 5.74) is 0.177. The van der Waals surface area contributed by atoms with Gasteiger partial charge in [-0.1, -0.05) is 30.7 Å². The van der Waals surface area contributed by atoms with Crippen LogP contribution in [0.1, 0.15) is 13.3 Å². The van der Waals surface area contributed by atoms with Gasteiger partial charge in [-0.25, -0.2) is 13.2 Å². The van der Waals surface area contributed by atoms with Crippen LogP contribution in [0.25, 0.3) is 0 Å². The maximum absolute atomic E-state index is 11.8. The zero-order chi connectivity index (χ0) is 13.9. The quantitative estimate of drug-likeness (QED) is 0.900. The Bertz CT molecular complexity index is 544. The number of carbonyl (C=O) groups is 1. The lowest BCUT2D eigenvalue weighted by atomic mass is 10.2. The van der Waals surface area contributed by atoms with E-state index < -0.39 is 22.0 Å². The first kappa shape index (κ1) is 14.8. The molecule has 0 heterocycles. The molecule has 1 aromatic rings. The van der Waals surface area contributed by atoms with E-state index in [1.165, 1.54) is 12.1 Å². The molecule has 0 saturated heterocycles. The van der Waals surface area contributed by atoms with Gasteiger partial charge in [0.15, 0.2) is 0 Å². The van der Waals surface area contributed by atoms with Crippen LogP contribution >= 0.6 is 11.6 Å². The number of rotatable bonds is 5. The Morgan fingerprint density at radius 3 is 2.39 bits per heavy atom. The number of hydrogen-bond donors (Lipinski definition) is 1. The summed E-state index contributed by atoms with van der Waals surface area (Å²) in [6, 6.07) is 5.08. The predicted molar refractivity (Wildman–Crippen MR) is 70.5 cm³/mol. The number of anilines is 1. The van der Waals surface area contributed by atoms with Gasteiger partial charge >= 0.3 is 5.97 Å². The second-order valence-corrected chi connectivity index (χ2v) is 6.04. The highest BCUT2D eigenvalue weighted by Crippen LogP contribution is 2.29. The van der Waals surface area contributed by atoms with E-state index in [0.717, 1.165) is 10.6 Å². The number of aliphatic carboxylic acids is 1. The predicted octanol–water partition coefficient (Wildman–Crippen LogP) is 1.97. The van der Waals surface area contributed by atoms with Crippen LogP contribution in [0.5, 0.6) is 0 Å². The van der Waals surface area contributed by atoms with Crippen molar-refractivity contribution in [3.05, 3.63) is 29.3 Å². The molecule has 18 heavy (non-hydrogen) atoms. The third-order valence-electron chi connectivity index (χ3n) is 2.40. The smallest absolute Gasteiger partial charge is 0.327 e. The number of halogens is 1. The Kier molecular flexibility index (Phi) is 4.59. The maximum atomic E-state index is 11.8. The molecule has 0 aromatic heterocycles. The fourth-order valence-corrected chi connectivity index (χ4v) is 3.14. The number of carboxylic acid groups (broad SMARTS) is 1. The van der Waals surface area contributed by atoms with Crippen molar-refractivity contribution in [1.29, 1.82) is 0 Å². The highest BCUT2D eigenvalue weighted by molar-refractivity contribution is 7.92. The molecule has 5 nitrogen and oxygen atoms in total. The van der Waals surface area contributed by atoms with Gasteiger partial charge in [-0.3, -0.25) is 4.31 Å². The van der Waals surface area contributed by atoms with Gasteiger partial charge < -0.3 is 5.11 Å². The summed E-state index contributed by atoms with van der Waals surface area (Å²) < 4.78 is 24.4. The molecule has 0 aliphatic heterocycles. The molecule has 1 rings (SSSR count). The Hall–Kier alpha value is -1.27. The summed E-state index contributed by atoms with van der Waals surface area (Å²) in [5, 5.41) is 9.31. The lowest BCUT2D eigenvalue weighted by molar-refractivity contribution is -0.138. The minimum Gasteiger partial charge on any atom is -0.480 e. The summed E-state index contributed by atoms with van der Waals surface area (Å²) in [7, 11) is -3.73. The summed E-state index contributed by atoms with van der Waals surface area (Å²) in [6.45, 7) is 1.60. The second kappa shape index (κ2) is 5.58. The van der Waals surface area contributed by atoms with E-state index in [1.54, 1.807) is 19.1 Å². The largest absolute Gasteiger partial charge is 0.480 e. The third-order valence-corrected chi connectivity index (χ3v) is 3.89. The number of nitrogens with zero attached hydrogens (tertiary/aromatic N) is 1. The topological polar surface area (TPSA) is 74.7 Å².